The highest BCUT2D eigenvalue weighted by Gasteiger charge is 2.29. The van der Waals surface area contributed by atoms with Gasteiger partial charge in [0.2, 0.25) is 0 Å². The van der Waals surface area contributed by atoms with E-state index < -0.39 is 0 Å². The number of hydrogen-bond donors (Lipinski definition) is 0. The molecule has 4 rings (SSSR count). The molecule has 1 atom stereocenters. The average Bonchev–Trinajstić information content (AvgIpc) is 2.69. The summed E-state index contributed by atoms with van der Waals surface area (Å²) in [5.74, 6) is 0.319. The molecule has 2 aromatic carbocycles. The summed E-state index contributed by atoms with van der Waals surface area (Å²) in [5.41, 5.74) is 0.686. The molecule has 3 aromatic rings. The Morgan fingerprint density at radius 1 is 1.11 bits per heavy atom. The molecular weight excluding hydrogens is 367 g/mol. The molecule has 0 N–H and O–H groups in total. The Bertz CT molecular complexity index is 998. The lowest BCUT2D eigenvalue weighted by molar-refractivity contribution is 0.0726. The number of amides is 1. The van der Waals surface area contributed by atoms with Crippen LogP contribution in [0.25, 0.3) is 10.8 Å². The zero-order valence-corrected chi connectivity index (χ0v) is 15.5. The molecule has 138 valence electrons. The molecule has 7 heteroatoms. The van der Waals surface area contributed by atoms with Crippen LogP contribution in [0.5, 0.6) is 0 Å². The van der Waals surface area contributed by atoms with Crippen molar-refractivity contribution in [1.82, 2.24) is 15.1 Å². The predicted molar refractivity (Wildman–Crippen MR) is 104 cm³/mol. The highest BCUT2D eigenvalue weighted by molar-refractivity contribution is 6.34. The maximum absolute atomic E-state index is 13.6. The van der Waals surface area contributed by atoms with E-state index in [4.69, 9.17) is 11.6 Å². The quantitative estimate of drug-likeness (QED) is 0.674. The Hall–Kier alpha value is -2.73. The van der Waals surface area contributed by atoms with Crippen molar-refractivity contribution in [2.45, 2.75) is 13.0 Å². The van der Waals surface area contributed by atoms with Crippen LogP contribution in [-0.2, 0) is 0 Å². The Balaban J connectivity index is 1.60. The standard InChI is InChI=1S/C20H18ClFN4O/c1-13-12-25(20(27)14-5-3-2-4-6-14)9-10-26(13)19-16-8-7-15(22)11-17(16)18(21)23-24-19/h2-8,11,13H,9-10,12H2,1H3. The van der Waals surface area contributed by atoms with Crippen LogP contribution in [0.2, 0.25) is 5.15 Å². The minimum absolute atomic E-state index is 0.0243. The first-order valence-electron chi connectivity index (χ1n) is 8.77. The molecule has 0 spiro atoms. The fourth-order valence-electron chi connectivity index (χ4n) is 3.51. The van der Waals surface area contributed by atoms with Crippen molar-refractivity contribution in [3.05, 3.63) is 65.1 Å². The monoisotopic (exact) mass is 384 g/mol. The molecule has 1 aromatic heterocycles. The van der Waals surface area contributed by atoms with Crippen molar-refractivity contribution in [1.29, 1.82) is 0 Å². The molecular formula is C20H18ClFN4O. The number of rotatable bonds is 2. The number of carbonyl (C=O) groups is 1. The van der Waals surface area contributed by atoms with Gasteiger partial charge in [-0.1, -0.05) is 29.8 Å². The Morgan fingerprint density at radius 2 is 1.89 bits per heavy atom. The van der Waals surface area contributed by atoms with Crippen LogP contribution >= 0.6 is 11.6 Å². The van der Waals surface area contributed by atoms with Gasteiger partial charge < -0.3 is 9.80 Å². The van der Waals surface area contributed by atoms with Crippen molar-refractivity contribution < 1.29 is 9.18 Å². The van der Waals surface area contributed by atoms with Crippen molar-refractivity contribution in [2.75, 3.05) is 24.5 Å². The van der Waals surface area contributed by atoms with Gasteiger partial charge in [0.15, 0.2) is 11.0 Å². The molecule has 1 unspecified atom stereocenters. The molecule has 0 bridgehead atoms. The van der Waals surface area contributed by atoms with Gasteiger partial charge in [-0.2, -0.15) is 0 Å². The highest BCUT2D eigenvalue weighted by atomic mass is 35.5. The first-order chi connectivity index (χ1) is 13.0. The summed E-state index contributed by atoms with van der Waals surface area (Å²) < 4.78 is 13.6. The summed E-state index contributed by atoms with van der Waals surface area (Å²) in [6, 6.07) is 13.7. The van der Waals surface area contributed by atoms with Gasteiger partial charge in [-0.15, -0.1) is 10.2 Å². The van der Waals surface area contributed by atoms with Crippen LogP contribution in [0.4, 0.5) is 10.2 Å². The van der Waals surface area contributed by atoms with E-state index in [9.17, 15) is 9.18 Å². The Labute approximate surface area is 161 Å². The van der Waals surface area contributed by atoms with Gasteiger partial charge in [-0.05, 0) is 37.3 Å². The molecule has 0 radical (unpaired) electrons. The van der Waals surface area contributed by atoms with Crippen molar-refractivity contribution >= 4 is 34.1 Å². The summed E-state index contributed by atoms with van der Waals surface area (Å²) in [5, 5.41) is 9.72. The fourth-order valence-corrected chi connectivity index (χ4v) is 3.71. The summed E-state index contributed by atoms with van der Waals surface area (Å²) in [4.78, 5) is 16.6. The van der Waals surface area contributed by atoms with E-state index in [1.165, 1.54) is 12.1 Å². The van der Waals surface area contributed by atoms with E-state index in [1.807, 2.05) is 42.2 Å². The number of halogens is 2. The Kier molecular flexibility index (Phi) is 4.66. The van der Waals surface area contributed by atoms with E-state index in [0.29, 0.717) is 36.4 Å². The Morgan fingerprint density at radius 3 is 2.63 bits per heavy atom. The first kappa shape index (κ1) is 17.7. The van der Waals surface area contributed by atoms with E-state index >= 15 is 0 Å². The van der Waals surface area contributed by atoms with Gasteiger partial charge in [0.05, 0.1) is 0 Å². The van der Waals surface area contributed by atoms with Crippen molar-refractivity contribution in [3.63, 3.8) is 0 Å². The van der Waals surface area contributed by atoms with Crippen molar-refractivity contribution in [3.8, 4) is 0 Å². The average molecular weight is 385 g/mol. The lowest BCUT2D eigenvalue weighted by Gasteiger charge is -2.40. The lowest BCUT2D eigenvalue weighted by atomic mass is 10.1. The third-order valence-corrected chi connectivity index (χ3v) is 5.16. The second-order valence-corrected chi connectivity index (χ2v) is 7.02. The lowest BCUT2D eigenvalue weighted by Crippen LogP contribution is -2.54. The van der Waals surface area contributed by atoms with Crippen LogP contribution in [0, 0.1) is 5.82 Å². The number of anilines is 1. The second-order valence-electron chi connectivity index (χ2n) is 6.66. The number of fused-ring (bicyclic) bond motifs is 1. The van der Waals surface area contributed by atoms with E-state index in [-0.39, 0.29) is 22.9 Å². The fraction of sp³-hybridized carbons (Fsp3) is 0.250. The molecule has 0 aliphatic carbocycles. The molecule has 1 aliphatic rings. The predicted octanol–water partition coefficient (Wildman–Crippen LogP) is 3.77. The largest absolute Gasteiger partial charge is 0.348 e. The number of nitrogens with zero attached hydrogens (tertiary/aromatic N) is 4. The molecule has 1 aliphatic heterocycles. The topological polar surface area (TPSA) is 49.3 Å². The number of benzene rings is 2. The van der Waals surface area contributed by atoms with Crippen LogP contribution in [-0.4, -0.2) is 46.7 Å². The molecule has 5 nitrogen and oxygen atoms in total. The SMILES string of the molecule is CC1CN(C(=O)c2ccccc2)CCN1c1nnc(Cl)c2cc(F)ccc12. The van der Waals surface area contributed by atoms with E-state index in [0.717, 1.165) is 5.39 Å². The van der Waals surface area contributed by atoms with Crippen LogP contribution in [0.1, 0.15) is 17.3 Å². The van der Waals surface area contributed by atoms with Gasteiger partial charge >= 0.3 is 0 Å². The molecule has 2 heterocycles. The summed E-state index contributed by atoms with van der Waals surface area (Å²) in [6.45, 7) is 3.80. The number of piperazine rings is 1. The third-order valence-electron chi connectivity index (χ3n) is 4.88. The minimum atomic E-state index is -0.366. The zero-order chi connectivity index (χ0) is 19.0. The number of hydrogen-bond acceptors (Lipinski definition) is 4. The summed E-state index contributed by atoms with van der Waals surface area (Å²) >= 11 is 6.10. The van der Waals surface area contributed by atoms with E-state index in [1.54, 1.807) is 6.07 Å². The van der Waals surface area contributed by atoms with Gasteiger partial charge in [-0.3, -0.25) is 4.79 Å². The molecule has 1 amide bonds. The number of carbonyl (C=O) groups excluding carboxylic acids is 1. The molecule has 0 saturated carbocycles. The third kappa shape index (κ3) is 3.32. The molecule has 1 saturated heterocycles. The first-order valence-corrected chi connectivity index (χ1v) is 9.15. The van der Waals surface area contributed by atoms with Crippen molar-refractivity contribution in [2.24, 2.45) is 0 Å². The van der Waals surface area contributed by atoms with Gasteiger partial charge in [0.1, 0.15) is 5.82 Å². The normalized spacial score (nSPS) is 17.4. The van der Waals surface area contributed by atoms with Gasteiger partial charge in [0, 0.05) is 42.0 Å². The number of aromatic nitrogens is 2. The molecule has 27 heavy (non-hydrogen) atoms. The van der Waals surface area contributed by atoms with Crippen LogP contribution in [0.3, 0.4) is 0 Å². The minimum Gasteiger partial charge on any atom is -0.348 e. The maximum atomic E-state index is 13.6. The van der Waals surface area contributed by atoms with Crippen LogP contribution < -0.4 is 4.90 Å². The smallest absolute Gasteiger partial charge is 0.253 e. The van der Waals surface area contributed by atoms with E-state index in [2.05, 4.69) is 15.1 Å². The summed E-state index contributed by atoms with van der Waals surface area (Å²) in [7, 11) is 0. The van der Waals surface area contributed by atoms with Crippen LogP contribution in [0.15, 0.2) is 48.5 Å². The molecule has 1 fully saturated rings. The summed E-state index contributed by atoms with van der Waals surface area (Å²) in [6.07, 6.45) is 0. The highest BCUT2D eigenvalue weighted by Crippen LogP contribution is 2.31. The second kappa shape index (κ2) is 7.12. The maximum Gasteiger partial charge on any atom is 0.253 e. The van der Waals surface area contributed by atoms with Gasteiger partial charge in [0.25, 0.3) is 5.91 Å². The zero-order valence-electron chi connectivity index (χ0n) is 14.8. The van der Waals surface area contributed by atoms with Gasteiger partial charge in [-0.25, -0.2) is 4.39 Å².